The summed E-state index contributed by atoms with van der Waals surface area (Å²) in [7, 11) is 0. The van der Waals surface area contributed by atoms with Gasteiger partial charge in [0.05, 0.1) is 11.3 Å². The van der Waals surface area contributed by atoms with Gasteiger partial charge < -0.3 is 4.90 Å². The van der Waals surface area contributed by atoms with Crippen LogP contribution in [0.1, 0.15) is 28.8 Å². The number of benzene rings is 2. The van der Waals surface area contributed by atoms with E-state index < -0.39 is 17.6 Å². The molecule has 2 aromatic carbocycles. The van der Waals surface area contributed by atoms with E-state index in [0.29, 0.717) is 18.7 Å². The lowest BCUT2D eigenvalue weighted by Crippen LogP contribution is -2.31. The first kappa shape index (κ1) is 17.8. The molecule has 0 bridgehead atoms. The van der Waals surface area contributed by atoms with Gasteiger partial charge in [-0.15, -0.1) is 0 Å². The van der Waals surface area contributed by atoms with E-state index in [1.165, 1.54) is 30.3 Å². The van der Waals surface area contributed by atoms with E-state index in [-0.39, 0.29) is 17.2 Å². The number of hydrazine groups is 1. The van der Waals surface area contributed by atoms with Crippen LogP contribution in [0, 0.1) is 0 Å². The molecule has 0 atom stereocenters. The van der Waals surface area contributed by atoms with E-state index >= 15 is 0 Å². The molecule has 0 aromatic heterocycles. The zero-order valence-electron chi connectivity index (χ0n) is 13.6. The Kier molecular flexibility index (Phi) is 4.83. The van der Waals surface area contributed by atoms with Gasteiger partial charge in [0.15, 0.2) is 0 Å². The van der Waals surface area contributed by atoms with E-state index in [1.54, 1.807) is 17.0 Å². The van der Waals surface area contributed by atoms with E-state index in [1.807, 2.05) is 0 Å². The van der Waals surface area contributed by atoms with Crippen LogP contribution < -0.4 is 15.8 Å². The molecule has 1 aliphatic heterocycles. The van der Waals surface area contributed by atoms with Crippen LogP contribution in [0.4, 0.5) is 24.5 Å². The third-order valence-corrected chi connectivity index (χ3v) is 4.04. The van der Waals surface area contributed by atoms with Gasteiger partial charge in [-0.2, -0.15) is 13.2 Å². The summed E-state index contributed by atoms with van der Waals surface area (Å²) >= 11 is 0. The third kappa shape index (κ3) is 3.79. The number of halogens is 3. The van der Waals surface area contributed by atoms with Crippen LogP contribution in [-0.4, -0.2) is 18.4 Å². The number of hydrogen-bond acceptors (Lipinski definition) is 3. The largest absolute Gasteiger partial charge is 0.418 e. The number of nitrogens with zero attached hydrogens (tertiary/aromatic N) is 1. The van der Waals surface area contributed by atoms with Gasteiger partial charge in [-0.1, -0.05) is 18.2 Å². The molecule has 2 N–H and O–H groups in total. The van der Waals surface area contributed by atoms with Crippen LogP contribution >= 0.6 is 0 Å². The lowest BCUT2D eigenvalue weighted by atomic mass is 10.1. The molecule has 3 rings (SSSR count). The van der Waals surface area contributed by atoms with Crippen molar-refractivity contribution in [2.75, 3.05) is 16.9 Å². The standard InChI is InChI=1S/C18H16F3N3O2/c19-18(20,21)14-7-1-2-8-15(14)22-23-17(26)12-5-3-6-13(11-12)24-10-4-9-16(24)25/h1-3,5-8,11,22H,4,9-10H2,(H,23,26). The van der Waals surface area contributed by atoms with Gasteiger partial charge in [0.25, 0.3) is 5.91 Å². The first-order valence-electron chi connectivity index (χ1n) is 7.99. The third-order valence-electron chi connectivity index (χ3n) is 4.04. The minimum atomic E-state index is -4.54. The number of hydrogen-bond donors (Lipinski definition) is 2. The van der Waals surface area contributed by atoms with Crippen molar-refractivity contribution < 1.29 is 22.8 Å². The summed E-state index contributed by atoms with van der Waals surface area (Å²) in [6, 6.07) is 11.3. The predicted molar refractivity (Wildman–Crippen MR) is 90.6 cm³/mol. The molecule has 0 spiro atoms. The van der Waals surface area contributed by atoms with Crippen LogP contribution in [0.3, 0.4) is 0 Å². The second-order valence-corrected chi connectivity index (χ2v) is 5.82. The van der Waals surface area contributed by atoms with E-state index in [9.17, 15) is 22.8 Å². The molecule has 0 aliphatic carbocycles. The lowest BCUT2D eigenvalue weighted by molar-refractivity contribution is -0.137. The molecule has 8 heteroatoms. The number of nitrogens with one attached hydrogen (secondary N) is 2. The average Bonchev–Trinajstić information content (AvgIpc) is 3.05. The summed E-state index contributed by atoms with van der Waals surface area (Å²) in [4.78, 5) is 25.7. The Morgan fingerprint density at radius 1 is 1.08 bits per heavy atom. The smallest absolute Gasteiger partial charge is 0.312 e. The molecule has 26 heavy (non-hydrogen) atoms. The highest BCUT2D eigenvalue weighted by atomic mass is 19.4. The van der Waals surface area contributed by atoms with Gasteiger partial charge in [-0.25, -0.2) is 0 Å². The van der Waals surface area contributed by atoms with Gasteiger partial charge in [0.1, 0.15) is 0 Å². The van der Waals surface area contributed by atoms with Crippen molar-refractivity contribution in [1.82, 2.24) is 5.43 Å². The quantitative estimate of drug-likeness (QED) is 0.816. The van der Waals surface area contributed by atoms with Gasteiger partial charge >= 0.3 is 6.18 Å². The number of amides is 2. The molecule has 1 saturated heterocycles. The first-order valence-corrected chi connectivity index (χ1v) is 7.99. The van der Waals surface area contributed by atoms with Crippen LogP contribution in [0.2, 0.25) is 0 Å². The molecule has 1 heterocycles. The Labute approximate surface area is 147 Å². The number of para-hydroxylation sites is 1. The number of anilines is 2. The maximum atomic E-state index is 13.0. The molecule has 136 valence electrons. The van der Waals surface area contributed by atoms with Crippen LogP contribution in [0.5, 0.6) is 0 Å². The van der Waals surface area contributed by atoms with E-state index in [4.69, 9.17) is 0 Å². The molecule has 0 radical (unpaired) electrons. The minimum absolute atomic E-state index is 0.0141. The Balaban J connectivity index is 1.73. The molecule has 0 saturated carbocycles. The molecule has 1 aliphatic rings. The van der Waals surface area contributed by atoms with E-state index in [0.717, 1.165) is 12.5 Å². The summed E-state index contributed by atoms with van der Waals surface area (Å²) in [6.45, 7) is 0.584. The molecule has 0 unspecified atom stereocenters. The van der Waals surface area contributed by atoms with Gasteiger partial charge in [-0.3, -0.25) is 20.4 Å². The van der Waals surface area contributed by atoms with E-state index in [2.05, 4.69) is 10.9 Å². The van der Waals surface area contributed by atoms with Crippen molar-refractivity contribution in [3.8, 4) is 0 Å². The van der Waals surface area contributed by atoms with Gasteiger partial charge in [0.2, 0.25) is 5.91 Å². The molecule has 5 nitrogen and oxygen atoms in total. The van der Waals surface area contributed by atoms with Crippen LogP contribution in [0.15, 0.2) is 48.5 Å². The van der Waals surface area contributed by atoms with Crippen LogP contribution in [0.25, 0.3) is 0 Å². The Hall–Kier alpha value is -3.03. The normalized spacial score (nSPS) is 14.4. The molecule has 1 fully saturated rings. The number of carbonyl (C=O) groups is 2. The maximum absolute atomic E-state index is 13.0. The lowest BCUT2D eigenvalue weighted by Gasteiger charge is -2.17. The second kappa shape index (κ2) is 7.07. The second-order valence-electron chi connectivity index (χ2n) is 5.82. The van der Waals surface area contributed by atoms with Crippen molar-refractivity contribution >= 4 is 23.2 Å². The van der Waals surface area contributed by atoms with Crippen molar-refractivity contribution in [3.05, 3.63) is 59.7 Å². The predicted octanol–water partition coefficient (Wildman–Crippen LogP) is 3.59. The molecule has 2 aromatic rings. The van der Waals surface area contributed by atoms with Crippen molar-refractivity contribution in [2.45, 2.75) is 19.0 Å². The molecular formula is C18H16F3N3O2. The minimum Gasteiger partial charge on any atom is -0.312 e. The summed E-state index contributed by atoms with van der Waals surface area (Å²) in [5, 5.41) is 0. The summed E-state index contributed by atoms with van der Waals surface area (Å²) in [5.74, 6) is -0.615. The summed E-state index contributed by atoms with van der Waals surface area (Å²) < 4.78 is 38.9. The highest BCUT2D eigenvalue weighted by Gasteiger charge is 2.33. The Morgan fingerprint density at radius 2 is 1.85 bits per heavy atom. The van der Waals surface area contributed by atoms with Gasteiger partial charge in [0, 0.05) is 24.2 Å². The Morgan fingerprint density at radius 3 is 2.54 bits per heavy atom. The van der Waals surface area contributed by atoms with Gasteiger partial charge in [-0.05, 0) is 36.8 Å². The van der Waals surface area contributed by atoms with Crippen LogP contribution in [-0.2, 0) is 11.0 Å². The Bertz CT molecular complexity index is 836. The zero-order chi connectivity index (χ0) is 18.7. The summed E-state index contributed by atoms with van der Waals surface area (Å²) in [6.07, 6.45) is -3.32. The number of rotatable bonds is 4. The molecule has 2 amide bonds. The monoisotopic (exact) mass is 363 g/mol. The highest BCUT2D eigenvalue weighted by Crippen LogP contribution is 2.34. The fraction of sp³-hybridized carbons (Fsp3) is 0.222. The summed E-state index contributed by atoms with van der Waals surface area (Å²) in [5.41, 5.74) is 4.28. The molecular weight excluding hydrogens is 347 g/mol. The number of alkyl halides is 3. The fourth-order valence-electron chi connectivity index (χ4n) is 2.77. The first-order chi connectivity index (χ1) is 12.4. The van der Waals surface area contributed by atoms with Crippen molar-refractivity contribution in [2.24, 2.45) is 0 Å². The van der Waals surface area contributed by atoms with Crippen molar-refractivity contribution in [3.63, 3.8) is 0 Å². The van der Waals surface area contributed by atoms with Crippen molar-refractivity contribution in [1.29, 1.82) is 0 Å². The fourth-order valence-corrected chi connectivity index (χ4v) is 2.77. The number of carbonyl (C=O) groups excluding carboxylic acids is 2. The highest BCUT2D eigenvalue weighted by molar-refractivity contribution is 5.99. The topological polar surface area (TPSA) is 61.4 Å². The average molecular weight is 363 g/mol. The SMILES string of the molecule is O=C(NNc1ccccc1C(F)(F)F)c1cccc(N2CCCC2=O)c1. The zero-order valence-corrected chi connectivity index (χ0v) is 13.6. The maximum Gasteiger partial charge on any atom is 0.418 e.